The molecular weight excluding hydrogens is 388 g/mol. The Bertz CT molecular complexity index is 744. The van der Waals surface area contributed by atoms with E-state index in [2.05, 4.69) is 88.7 Å². The van der Waals surface area contributed by atoms with Crippen molar-refractivity contribution in [3.63, 3.8) is 0 Å². The van der Waals surface area contributed by atoms with Gasteiger partial charge in [0.15, 0.2) is 11.5 Å². The smallest absolute Gasteiger partial charge is 0.169 e. The highest BCUT2D eigenvalue weighted by molar-refractivity contribution is 9.08. The number of alkyl halides is 1. The molecule has 0 amide bonds. The molecule has 0 unspecified atom stereocenters. The second-order valence-corrected chi connectivity index (χ2v) is 9.10. The van der Waals surface area contributed by atoms with Crippen molar-refractivity contribution in [2.45, 2.75) is 71.0 Å². The summed E-state index contributed by atoms with van der Waals surface area (Å²) in [6, 6.07) is 10.3. The minimum atomic E-state index is -0.0266. The molecule has 1 N–H and O–H groups in total. The van der Waals surface area contributed by atoms with E-state index in [0.717, 1.165) is 28.0 Å². The molecule has 2 aromatic rings. The average molecular weight is 419 g/mol. The summed E-state index contributed by atoms with van der Waals surface area (Å²) >= 11 is 3.49. The summed E-state index contributed by atoms with van der Waals surface area (Å²) in [6.07, 6.45) is 0. The van der Waals surface area contributed by atoms with Gasteiger partial charge in [0, 0.05) is 10.9 Å². The maximum atomic E-state index is 10.7. The van der Waals surface area contributed by atoms with Crippen molar-refractivity contribution in [3.05, 3.63) is 52.6 Å². The van der Waals surface area contributed by atoms with E-state index < -0.39 is 0 Å². The molecule has 0 fully saturated rings. The monoisotopic (exact) mass is 418 g/mol. The van der Waals surface area contributed by atoms with Crippen LogP contribution in [-0.4, -0.2) is 5.11 Å². The zero-order valence-corrected chi connectivity index (χ0v) is 18.6. The number of halogens is 1. The third-order valence-corrected chi connectivity index (χ3v) is 5.30. The summed E-state index contributed by atoms with van der Waals surface area (Å²) in [7, 11) is 0. The molecule has 0 radical (unpaired) electrons. The molecule has 0 aliphatic rings. The van der Waals surface area contributed by atoms with Crippen LogP contribution in [0.2, 0.25) is 0 Å². The van der Waals surface area contributed by atoms with Gasteiger partial charge in [0.25, 0.3) is 0 Å². The number of rotatable bonds is 5. The summed E-state index contributed by atoms with van der Waals surface area (Å²) in [5.74, 6) is 2.30. The Hall–Kier alpha value is -1.48. The predicted octanol–water partition coefficient (Wildman–Crippen LogP) is 7.62. The maximum Gasteiger partial charge on any atom is 0.169 e. The first-order chi connectivity index (χ1) is 12.1. The molecule has 0 aromatic heterocycles. The molecule has 2 nitrogen and oxygen atoms in total. The first-order valence-electron chi connectivity index (χ1n) is 9.29. The summed E-state index contributed by atoms with van der Waals surface area (Å²) in [6.45, 7) is 15.2. The first-order valence-corrected chi connectivity index (χ1v) is 10.4. The lowest BCUT2D eigenvalue weighted by molar-refractivity contribution is 0.399. The van der Waals surface area contributed by atoms with Crippen LogP contribution in [0.4, 0.5) is 0 Å². The minimum absolute atomic E-state index is 0.0266. The number of benzene rings is 2. The zero-order chi connectivity index (χ0) is 19.6. The fraction of sp³-hybridized carbons (Fsp3) is 0.478. The molecule has 2 rings (SSSR count). The van der Waals surface area contributed by atoms with Gasteiger partial charge in [0.2, 0.25) is 0 Å². The van der Waals surface area contributed by atoms with Gasteiger partial charge in [-0.3, -0.25) is 0 Å². The molecular formula is C23H31BrO2. The molecule has 0 bridgehead atoms. The lowest BCUT2D eigenvalue weighted by Gasteiger charge is -2.24. The van der Waals surface area contributed by atoms with E-state index in [1.54, 1.807) is 0 Å². The minimum Gasteiger partial charge on any atom is -0.504 e. The molecule has 26 heavy (non-hydrogen) atoms. The number of phenols is 1. The van der Waals surface area contributed by atoms with Crippen LogP contribution in [0.3, 0.4) is 0 Å². The fourth-order valence-corrected chi connectivity index (χ4v) is 3.42. The number of para-hydroxylation sites is 1. The topological polar surface area (TPSA) is 29.5 Å². The van der Waals surface area contributed by atoms with Crippen LogP contribution < -0.4 is 4.74 Å². The molecule has 3 heteroatoms. The van der Waals surface area contributed by atoms with E-state index in [4.69, 9.17) is 4.74 Å². The van der Waals surface area contributed by atoms with Gasteiger partial charge >= 0.3 is 0 Å². The van der Waals surface area contributed by atoms with Crippen LogP contribution in [0.25, 0.3) is 0 Å². The van der Waals surface area contributed by atoms with Crippen molar-refractivity contribution in [1.82, 2.24) is 0 Å². The van der Waals surface area contributed by atoms with Gasteiger partial charge < -0.3 is 9.84 Å². The molecule has 0 aliphatic carbocycles. The maximum absolute atomic E-state index is 10.7. The normalized spacial score (nSPS) is 12.1. The third kappa shape index (κ3) is 4.43. The van der Waals surface area contributed by atoms with Crippen molar-refractivity contribution >= 4 is 15.9 Å². The van der Waals surface area contributed by atoms with Gasteiger partial charge in [0.05, 0.1) is 0 Å². The van der Waals surface area contributed by atoms with E-state index in [9.17, 15) is 5.11 Å². The number of aromatic hydroxyl groups is 1. The highest BCUT2D eigenvalue weighted by atomic mass is 79.9. The summed E-state index contributed by atoms with van der Waals surface area (Å²) in [5, 5.41) is 11.3. The van der Waals surface area contributed by atoms with Crippen LogP contribution in [0, 0.1) is 0 Å². The van der Waals surface area contributed by atoms with Gasteiger partial charge in [-0.2, -0.15) is 0 Å². The van der Waals surface area contributed by atoms with E-state index in [0.29, 0.717) is 22.9 Å². The second kappa shape index (κ2) is 8.04. The van der Waals surface area contributed by atoms with Gasteiger partial charge in [-0.05, 0) is 40.0 Å². The van der Waals surface area contributed by atoms with E-state index in [-0.39, 0.29) is 11.2 Å². The highest BCUT2D eigenvalue weighted by Gasteiger charge is 2.22. The number of hydrogen-bond acceptors (Lipinski definition) is 2. The summed E-state index contributed by atoms with van der Waals surface area (Å²) in [5.41, 5.74) is 4.30. The Morgan fingerprint density at radius 1 is 1.00 bits per heavy atom. The Morgan fingerprint density at radius 2 is 1.54 bits per heavy atom. The quantitative estimate of drug-likeness (QED) is 0.505. The fourth-order valence-electron chi connectivity index (χ4n) is 2.99. The van der Waals surface area contributed by atoms with Crippen molar-refractivity contribution in [1.29, 1.82) is 0 Å². The zero-order valence-electron chi connectivity index (χ0n) is 17.0. The average Bonchev–Trinajstić information content (AvgIpc) is 2.55. The first kappa shape index (κ1) is 20.8. The molecule has 0 atom stereocenters. The number of ether oxygens (including phenoxy) is 1. The van der Waals surface area contributed by atoms with Gasteiger partial charge in [-0.15, -0.1) is 0 Å². The van der Waals surface area contributed by atoms with Gasteiger partial charge in [-0.1, -0.05) is 88.7 Å². The van der Waals surface area contributed by atoms with Gasteiger partial charge in [0.1, 0.15) is 5.75 Å². The summed E-state index contributed by atoms with van der Waals surface area (Å²) in [4.78, 5) is 0. The van der Waals surface area contributed by atoms with Crippen molar-refractivity contribution < 1.29 is 9.84 Å². The van der Waals surface area contributed by atoms with Crippen molar-refractivity contribution in [2.75, 3.05) is 0 Å². The van der Waals surface area contributed by atoms with Crippen LogP contribution >= 0.6 is 15.9 Å². The number of phenolic OH excluding ortho intramolecular Hbond substituents is 1. The Balaban J connectivity index is 2.65. The van der Waals surface area contributed by atoms with E-state index in [1.807, 2.05) is 6.07 Å². The third-order valence-electron chi connectivity index (χ3n) is 4.70. The summed E-state index contributed by atoms with van der Waals surface area (Å²) < 4.78 is 6.40. The van der Waals surface area contributed by atoms with Gasteiger partial charge in [-0.25, -0.2) is 0 Å². The SMILES string of the molecule is CC(C)c1cccc(C(C)C)c1Oc1cc(C(C)(C)C)cc(CBr)c1O. The second-order valence-electron chi connectivity index (χ2n) is 8.54. The molecule has 0 aliphatic heterocycles. The van der Waals surface area contributed by atoms with Crippen molar-refractivity contribution in [3.8, 4) is 17.2 Å². The lowest BCUT2D eigenvalue weighted by atomic mass is 9.86. The molecule has 2 aromatic carbocycles. The standard InChI is InChI=1S/C23H31BrO2/c1-14(2)18-9-8-10-19(15(3)4)22(18)26-20-12-17(23(5,6)7)11-16(13-24)21(20)25/h8-12,14-15,25H,13H2,1-7H3. The number of hydrogen-bond donors (Lipinski definition) is 1. The Kier molecular flexibility index (Phi) is 6.44. The van der Waals surface area contributed by atoms with Crippen LogP contribution in [-0.2, 0) is 10.7 Å². The van der Waals surface area contributed by atoms with E-state index in [1.165, 1.54) is 0 Å². The molecule has 0 spiro atoms. The Morgan fingerprint density at radius 3 is 1.96 bits per heavy atom. The predicted molar refractivity (Wildman–Crippen MR) is 114 cm³/mol. The molecule has 0 saturated heterocycles. The lowest BCUT2D eigenvalue weighted by Crippen LogP contribution is -2.12. The largest absolute Gasteiger partial charge is 0.504 e. The highest BCUT2D eigenvalue weighted by Crippen LogP contribution is 2.43. The Labute approximate surface area is 166 Å². The van der Waals surface area contributed by atoms with Crippen LogP contribution in [0.5, 0.6) is 17.2 Å². The molecule has 0 heterocycles. The van der Waals surface area contributed by atoms with Crippen LogP contribution in [0.1, 0.15) is 82.6 Å². The van der Waals surface area contributed by atoms with Crippen LogP contribution in [0.15, 0.2) is 30.3 Å². The molecule has 142 valence electrons. The van der Waals surface area contributed by atoms with Crippen molar-refractivity contribution in [2.24, 2.45) is 0 Å². The van der Waals surface area contributed by atoms with E-state index >= 15 is 0 Å². The molecule has 0 saturated carbocycles.